The van der Waals surface area contributed by atoms with E-state index in [1.807, 2.05) is 13.8 Å². The first-order valence-electron chi connectivity index (χ1n) is 11.5. The maximum atomic E-state index is 13.1. The van der Waals surface area contributed by atoms with Gasteiger partial charge in [0.15, 0.2) is 0 Å². The normalized spacial score (nSPS) is 18.6. The number of aryl methyl sites for hydroxylation is 2. The molecule has 1 unspecified atom stereocenters. The average Bonchev–Trinajstić information content (AvgIpc) is 3.32. The second-order valence-electron chi connectivity index (χ2n) is 9.18. The summed E-state index contributed by atoms with van der Waals surface area (Å²) in [6.07, 6.45) is 8.07. The first-order chi connectivity index (χ1) is 15.1. The Morgan fingerprint density at radius 2 is 1.97 bits per heavy atom. The van der Waals surface area contributed by atoms with Crippen LogP contribution in [0.15, 0.2) is 35.4 Å². The Morgan fingerprint density at radius 3 is 2.71 bits per heavy atom. The number of benzene rings is 1. The Morgan fingerprint density at radius 1 is 1.19 bits per heavy atom. The number of rotatable bonds is 7. The Kier molecular flexibility index (Phi) is 5.95. The molecule has 5 rings (SSSR count). The van der Waals surface area contributed by atoms with Crippen molar-refractivity contribution in [3.05, 3.63) is 62.5 Å². The van der Waals surface area contributed by atoms with Crippen LogP contribution in [-0.2, 0) is 37.0 Å². The molecule has 0 bridgehead atoms. The molecule has 5 nitrogen and oxygen atoms in total. The molecular weight excluding hydrogens is 406 g/mol. The lowest BCUT2D eigenvalue weighted by molar-refractivity contribution is 0.0747. The molecule has 0 saturated heterocycles. The van der Waals surface area contributed by atoms with Crippen molar-refractivity contribution >= 4 is 21.6 Å². The summed E-state index contributed by atoms with van der Waals surface area (Å²) in [5, 5.41) is 4.77. The van der Waals surface area contributed by atoms with Gasteiger partial charge in [-0.25, -0.2) is 4.98 Å². The van der Waals surface area contributed by atoms with Gasteiger partial charge in [0.1, 0.15) is 4.83 Å². The van der Waals surface area contributed by atoms with Gasteiger partial charge in [-0.2, -0.15) is 0 Å². The van der Waals surface area contributed by atoms with Crippen LogP contribution in [0.5, 0.6) is 0 Å². The maximum Gasteiger partial charge on any atom is 0.262 e. The molecule has 2 aliphatic rings. The molecule has 0 saturated carbocycles. The number of nitrogens with zero attached hydrogens (tertiary/aromatic N) is 2. The highest BCUT2D eigenvalue weighted by Crippen LogP contribution is 2.34. The molecule has 0 fully saturated rings. The van der Waals surface area contributed by atoms with Gasteiger partial charge in [0.05, 0.1) is 17.8 Å². The molecule has 0 aliphatic heterocycles. The lowest BCUT2D eigenvalue weighted by atomic mass is 9.92. The van der Waals surface area contributed by atoms with Crippen LogP contribution in [0.25, 0.3) is 10.2 Å². The first kappa shape index (κ1) is 20.9. The number of thiophene rings is 1. The molecule has 164 valence electrons. The van der Waals surface area contributed by atoms with Crippen molar-refractivity contribution in [2.45, 2.75) is 77.1 Å². The van der Waals surface area contributed by atoms with E-state index < -0.39 is 0 Å². The minimum atomic E-state index is 0.115. The van der Waals surface area contributed by atoms with Gasteiger partial charge in [0, 0.05) is 30.1 Å². The molecule has 2 aliphatic carbocycles. The van der Waals surface area contributed by atoms with Crippen molar-refractivity contribution in [2.75, 3.05) is 6.61 Å². The van der Waals surface area contributed by atoms with Gasteiger partial charge in [0.2, 0.25) is 0 Å². The van der Waals surface area contributed by atoms with E-state index in [1.54, 1.807) is 22.2 Å². The molecule has 2 heterocycles. The topological polar surface area (TPSA) is 56.2 Å². The monoisotopic (exact) mass is 437 g/mol. The Bertz CT molecular complexity index is 1110. The number of aromatic nitrogens is 2. The fourth-order valence-electron chi connectivity index (χ4n) is 5.07. The smallest absolute Gasteiger partial charge is 0.262 e. The van der Waals surface area contributed by atoms with Crippen molar-refractivity contribution < 1.29 is 4.74 Å². The van der Waals surface area contributed by atoms with Crippen LogP contribution in [0.1, 0.15) is 48.3 Å². The summed E-state index contributed by atoms with van der Waals surface area (Å²) in [7, 11) is 0. The predicted octanol–water partition coefficient (Wildman–Crippen LogP) is 3.89. The molecule has 1 atom stereocenters. The van der Waals surface area contributed by atoms with E-state index in [4.69, 9.17) is 4.74 Å². The summed E-state index contributed by atoms with van der Waals surface area (Å²) >= 11 is 1.71. The van der Waals surface area contributed by atoms with Gasteiger partial charge in [-0.3, -0.25) is 9.36 Å². The maximum absolute atomic E-state index is 13.1. The van der Waals surface area contributed by atoms with Crippen LogP contribution < -0.4 is 10.9 Å². The standard InChI is InChI=1S/C25H31N3O2S/c1-16(2)30-11-5-10-28-15-26-24-23(25(28)29)21-9-8-19(14-22(21)31-24)27-20-12-17-6-3-4-7-18(17)13-20/h3-4,6-7,15-16,19-20,27H,5,8-14H2,1-2H3. The molecule has 1 N–H and O–H groups in total. The number of fused-ring (bicyclic) bond motifs is 4. The van der Waals surface area contributed by atoms with Gasteiger partial charge >= 0.3 is 0 Å². The summed E-state index contributed by atoms with van der Waals surface area (Å²) < 4.78 is 7.38. The highest BCUT2D eigenvalue weighted by atomic mass is 32.1. The van der Waals surface area contributed by atoms with Gasteiger partial charge in [-0.05, 0) is 69.1 Å². The number of hydrogen-bond acceptors (Lipinski definition) is 5. The van der Waals surface area contributed by atoms with E-state index in [0.29, 0.717) is 25.2 Å². The van der Waals surface area contributed by atoms with Crippen LogP contribution in [-0.4, -0.2) is 34.3 Å². The van der Waals surface area contributed by atoms with E-state index in [-0.39, 0.29) is 11.7 Å². The van der Waals surface area contributed by atoms with Crippen LogP contribution in [0.3, 0.4) is 0 Å². The molecule has 0 radical (unpaired) electrons. The molecule has 31 heavy (non-hydrogen) atoms. The number of nitrogens with one attached hydrogen (secondary N) is 1. The van der Waals surface area contributed by atoms with E-state index in [9.17, 15) is 4.79 Å². The number of ether oxygens (including phenoxy) is 1. The van der Waals surface area contributed by atoms with Crippen molar-refractivity contribution in [1.82, 2.24) is 14.9 Å². The number of hydrogen-bond donors (Lipinski definition) is 1. The largest absolute Gasteiger partial charge is 0.379 e. The molecule has 2 aromatic heterocycles. The minimum absolute atomic E-state index is 0.115. The lowest BCUT2D eigenvalue weighted by Crippen LogP contribution is -2.41. The van der Waals surface area contributed by atoms with Crippen LogP contribution in [0, 0.1) is 0 Å². The first-order valence-corrected chi connectivity index (χ1v) is 12.3. The predicted molar refractivity (Wildman–Crippen MR) is 126 cm³/mol. The Hall–Kier alpha value is -2.02. The second-order valence-corrected chi connectivity index (χ2v) is 10.3. The van der Waals surface area contributed by atoms with Gasteiger partial charge in [-0.1, -0.05) is 24.3 Å². The van der Waals surface area contributed by atoms with Crippen molar-refractivity contribution in [3.8, 4) is 0 Å². The van der Waals surface area contributed by atoms with E-state index >= 15 is 0 Å². The van der Waals surface area contributed by atoms with E-state index in [1.165, 1.54) is 21.6 Å². The van der Waals surface area contributed by atoms with Gasteiger partial charge in [0.25, 0.3) is 5.56 Å². The van der Waals surface area contributed by atoms with E-state index in [0.717, 1.165) is 48.7 Å². The Balaban J connectivity index is 1.27. The van der Waals surface area contributed by atoms with Crippen molar-refractivity contribution in [1.29, 1.82) is 0 Å². The summed E-state index contributed by atoms with van der Waals surface area (Å²) in [5.41, 5.74) is 4.34. The highest BCUT2D eigenvalue weighted by molar-refractivity contribution is 7.18. The zero-order chi connectivity index (χ0) is 21.4. The molecule has 3 aromatic rings. The second kappa shape index (κ2) is 8.85. The third kappa shape index (κ3) is 4.34. The van der Waals surface area contributed by atoms with Crippen molar-refractivity contribution in [3.63, 3.8) is 0 Å². The van der Waals surface area contributed by atoms with Crippen LogP contribution in [0.2, 0.25) is 0 Å². The SMILES string of the molecule is CC(C)OCCCn1cnc2sc3c(c2c1=O)CCC(NC1Cc2ccccc2C1)C3. The third-order valence-electron chi connectivity index (χ3n) is 6.55. The molecular formula is C25H31N3O2S. The summed E-state index contributed by atoms with van der Waals surface area (Å²) in [6.45, 7) is 5.39. The minimum Gasteiger partial charge on any atom is -0.379 e. The fraction of sp³-hybridized carbons (Fsp3) is 0.520. The van der Waals surface area contributed by atoms with Crippen molar-refractivity contribution in [2.24, 2.45) is 0 Å². The fourth-order valence-corrected chi connectivity index (χ4v) is 6.32. The molecule has 6 heteroatoms. The van der Waals surface area contributed by atoms with Crippen LogP contribution >= 0.6 is 11.3 Å². The quantitative estimate of drug-likeness (QED) is 0.570. The summed E-state index contributed by atoms with van der Waals surface area (Å²) in [6, 6.07) is 9.81. The summed E-state index contributed by atoms with van der Waals surface area (Å²) in [5.74, 6) is 0. The summed E-state index contributed by atoms with van der Waals surface area (Å²) in [4.78, 5) is 20.0. The molecule has 0 amide bonds. The Labute approximate surface area is 187 Å². The van der Waals surface area contributed by atoms with Gasteiger partial charge in [-0.15, -0.1) is 11.3 Å². The highest BCUT2D eigenvalue weighted by Gasteiger charge is 2.28. The molecule has 1 aromatic carbocycles. The van der Waals surface area contributed by atoms with E-state index in [2.05, 4.69) is 34.6 Å². The average molecular weight is 438 g/mol. The van der Waals surface area contributed by atoms with Gasteiger partial charge < -0.3 is 10.1 Å². The third-order valence-corrected chi connectivity index (χ3v) is 7.72. The molecule has 0 spiro atoms. The zero-order valence-corrected chi connectivity index (χ0v) is 19.2. The lowest BCUT2D eigenvalue weighted by Gasteiger charge is -2.26. The zero-order valence-electron chi connectivity index (χ0n) is 18.4. The van der Waals surface area contributed by atoms with Crippen LogP contribution in [0.4, 0.5) is 0 Å².